The molecule has 0 saturated carbocycles. The van der Waals surface area contributed by atoms with Crippen LogP contribution in [0.4, 0.5) is 13.2 Å². The molecule has 10 heteroatoms. The molecular formula is C22H25F3N4O3. The lowest BCUT2D eigenvalue weighted by Gasteiger charge is -2.51. The SMILES string of the molecule is CC(C)(O)COC1(N2CC(Oc3cccc(C(F)(F)F)c3)C2)C=CC(c2cn[nH]c2)=CN1. The van der Waals surface area contributed by atoms with Gasteiger partial charge in [0.1, 0.15) is 11.9 Å². The molecular weight excluding hydrogens is 425 g/mol. The summed E-state index contributed by atoms with van der Waals surface area (Å²) in [7, 11) is 0. The van der Waals surface area contributed by atoms with E-state index in [1.807, 2.05) is 17.1 Å². The maximum atomic E-state index is 12.9. The standard InChI is InChI=1S/C22H25F3N4O3/c1-20(2,30)14-31-21(7-6-15(9-26-21)16-10-27-28-11-16)29-12-19(13-29)32-18-5-3-4-17(8-18)22(23,24)25/h3-11,19,26,30H,12-14H2,1-2H3,(H,27,28). The minimum atomic E-state index is -4.42. The normalized spacial score (nSPS) is 22.2. The van der Waals surface area contributed by atoms with E-state index >= 15 is 0 Å². The zero-order valence-electron chi connectivity index (χ0n) is 17.7. The molecule has 3 heterocycles. The summed E-state index contributed by atoms with van der Waals surface area (Å²) in [6, 6.07) is 4.86. The number of ether oxygens (including phenoxy) is 2. The van der Waals surface area contributed by atoms with Crippen LogP contribution in [0.2, 0.25) is 0 Å². The molecule has 1 aromatic carbocycles. The number of likely N-dealkylation sites (tertiary alicyclic amines) is 1. The zero-order valence-corrected chi connectivity index (χ0v) is 17.7. The Morgan fingerprint density at radius 1 is 1.28 bits per heavy atom. The van der Waals surface area contributed by atoms with Crippen LogP contribution < -0.4 is 10.1 Å². The molecule has 1 atom stereocenters. The quantitative estimate of drug-likeness (QED) is 0.601. The van der Waals surface area contributed by atoms with Crippen LogP contribution in [-0.2, 0) is 10.9 Å². The van der Waals surface area contributed by atoms with Crippen LogP contribution in [0.5, 0.6) is 5.75 Å². The third kappa shape index (κ3) is 4.98. The number of hydrogen-bond acceptors (Lipinski definition) is 6. The van der Waals surface area contributed by atoms with E-state index in [9.17, 15) is 18.3 Å². The topological polar surface area (TPSA) is 82.6 Å². The van der Waals surface area contributed by atoms with E-state index in [2.05, 4.69) is 15.5 Å². The molecule has 2 aliphatic heterocycles. The number of H-pyrrole nitrogens is 1. The highest BCUT2D eigenvalue weighted by molar-refractivity contribution is 5.74. The van der Waals surface area contributed by atoms with Crippen molar-refractivity contribution < 1.29 is 27.8 Å². The molecule has 4 rings (SSSR count). The average Bonchev–Trinajstić information content (AvgIpc) is 3.23. The largest absolute Gasteiger partial charge is 0.488 e. The summed E-state index contributed by atoms with van der Waals surface area (Å²) in [5.41, 5.74) is 0.0123. The van der Waals surface area contributed by atoms with Gasteiger partial charge >= 0.3 is 6.18 Å². The Hall–Kier alpha value is -2.82. The minimum Gasteiger partial charge on any atom is -0.488 e. The van der Waals surface area contributed by atoms with Gasteiger partial charge in [0.15, 0.2) is 0 Å². The maximum absolute atomic E-state index is 12.9. The second-order valence-electron chi connectivity index (χ2n) is 8.53. The number of aliphatic hydroxyl groups is 1. The highest BCUT2D eigenvalue weighted by Crippen LogP contribution is 2.34. The number of hydrogen-bond donors (Lipinski definition) is 3. The summed E-state index contributed by atoms with van der Waals surface area (Å²) >= 11 is 0. The second-order valence-corrected chi connectivity index (χ2v) is 8.53. The summed E-state index contributed by atoms with van der Waals surface area (Å²) < 4.78 is 50.7. The van der Waals surface area contributed by atoms with Gasteiger partial charge in [-0.2, -0.15) is 18.3 Å². The van der Waals surface area contributed by atoms with Crippen LogP contribution in [0.25, 0.3) is 5.57 Å². The van der Waals surface area contributed by atoms with Gasteiger partial charge in [0, 0.05) is 36.6 Å². The molecule has 1 aromatic heterocycles. The number of nitrogens with one attached hydrogen (secondary N) is 2. The molecule has 1 fully saturated rings. The summed E-state index contributed by atoms with van der Waals surface area (Å²) in [4.78, 5) is 1.95. The molecule has 7 nitrogen and oxygen atoms in total. The summed E-state index contributed by atoms with van der Waals surface area (Å²) in [6.45, 7) is 4.21. The van der Waals surface area contributed by atoms with Crippen molar-refractivity contribution in [3.05, 3.63) is 66.1 Å². The van der Waals surface area contributed by atoms with Crippen molar-refractivity contribution in [2.75, 3.05) is 19.7 Å². The number of rotatable bonds is 7. The van der Waals surface area contributed by atoms with Gasteiger partial charge in [-0.25, -0.2) is 4.90 Å². The van der Waals surface area contributed by atoms with Crippen molar-refractivity contribution in [3.8, 4) is 5.75 Å². The zero-order chi connectivity index (χ0) is 23.0. The van der Waals surface area contributed by atoms with E-state index in [0.29, 0.717) is 13.1 Å². The number of aromatic nitrogens is 2. The third-order valence-electron chi connectivity index (χ3n) is 5.18. The number of aromatic amines is 1. The molecule has 0 spiro atoms. The van der Waals surface area contributed by atoms with Gasteiger partial charge in [0.05, 0.1) is 24.0 Å². The predicted octanol–water partition coefficient (Wildman–Crippen LogP) is 3.13. The number of dihydropyridines is 1. The number of halogens is 3. The molecule has 0 radical (unpaired) electrons. The van der Waals surface area contributed by atoms with E-state index < -0.39 is 23.2 Å². The molecule has 0 amide bonds. The summed E-state index contributed by atoms with van der Waals surface area (Å²) in [5, 5.41) is 20.1. The van der Waals surface area contributed by atoms with Gasteiger partial charge in [0.2, 0.25) is 5.85 Å². The van der Waals surface area contributed by atoms with Gasteiger partial charge in [-0.1, -0.05) is 12.1 Å². The molecule has 0 bridgehead atoms. The van der Waals surface area contributed by atoms with Crippen molar-refractivity contribution in [3.63, 3.8) is 0 Å². The first kappa shape index (κ1) is 22.4. The highest BCUT2D eigenvalue weighted by atomic mass is 19.4. The number of allylic oxidation sites excluding steroid dienone is 2. The molecule has 1 unspecified atom stereocenters. The smallest absolute Gasteiger partial charge is 0.416 e. The van der Waals surface area contributed by atoms with E-state index in [-0.39, 0.29) is 18.5 Å². The van der Waals surface area contributed by atoms with Crippen LogP contribution >= 0.6 is 0 Å². The first-order valence-corrected chi connectivity index (χ1v) is 10.2. The van der Waals surface area contributed by atoms with Crippen molar-refractivity contribution in [2.45, 2.75) is 37.6 Å². The highest BCUT2D eigenvalue weighted by Gasteiger charge is 2.45. The molecule has 32 heavy (non-hydrogen) atoms. The third-order valence-corrected chi connectivity index (χ3v) is 5.18. The Morgan fingerprint density at radius 3 is 2.66 bits per heavy atom. The molecule has 0 aliphatic carbocycles. The Kier molecular flexibility index (Phi) is 5.78. The first-order valence-electron chi connectivity index (χ1n) is 10.2. The van der Waals surface area contributed by atoms with E-state index in [1.165, 1.54) is 12.1 Å². The fourth-order valence-corrected chi connectivity index (χ4v) is 3.45. The predicted molar refractivity (Wildman–Crippen MR) is 111 cm³/mol. The van der Waals surface area contributed by atoms with Gasteiger partial charge in [-0.05, 0) is 38.1 Å². The lowest BCUT2D eigenvalue weighted by atomic mass is 10.0. The average molecular weight is 450 g/mol. The number of benzene rings is 1. The lowest BCUT2D eigenvalue weighted by molar-refractivity contribution is -0.205. The number of alkyl halides is 3. The van der Waals surface area contributed by atoms with Gasteiger partial charge in [-0.3, -0.25) is 5.10 Å². The molecule has 1 saturated heterocycles. The van der Waals surface area contributed by atoms with Crippen LogP contribution in [0.3, 0.4) is 0 Å². The summed E-state index contributed by atoms with van der Waals surface area (Å²) in [5.74, 6) is -0.841. The lowest BCUT2D eigenvalue weighted by Crippen LogP contribution is -2.69. The monoisotopic (exact) mass is 450 g/mol. The number of nitrogens with zero attached hydrogens (tertiary/aromatic N) is 2. The first-order chi connectivity index (χ1) is 15.0. The Morgan fingerprint density at radius 2 is 2.06 bits per heavy atom. The molecule has 3 N–H and O–H groups in total. The van der Waals surface area contributed by atoms with Crippen molar-refractivity contribution in [1.82, 2.24) is 20.4 Å². The molecule has 172 valence electrons. The fraction of sp³-hybridized carbons (Fsp3) is 0.409. The maximum Gasteiger partial charge on any atom is 0.416 e. The van der Waals surface area contributed by atoms with Crippen molar-refractivity contribution in [2.24, 2.45) is 0 Å². The van der Waals surface area contributed by atoms with Gasteiger partial charge in [-0.15, -0.1) is 0 Å². The van der Waals surface area contributed by atoms with Crippen LogP contribution in [0.1, 0.15) is 25.0 Å². The van der Waals surface area contributed by atoms with Crippen LogP contribution in [0.15, 0.2) is 55.0 Å². The van der Waals surface area contributed by atoms with Crippen molar-refractivity contribution in [1.29, 1.82) is 0 Å². The van der Waals surface area contributed by atoms with Gasteiger partial charge < -0.3 is 19.9 Å². The van der Waals surface area contributed by atoms with Gasteiger partial charge in [0.25, 0.3) is 0 Å². The minimum absolute atomic E-state index is 0.0644. The van der Waals surface area contributed by atoms with E-state index in [4.69, 9.17) is 9.47 Å². The Bertz CT molecular complexity index is 993. The van der Waals surface area contributed by atoms with Crippen molar-refractivity contribution >= 4 is 5.57 Å². The summed E-state index contributed by atoms with van der Waals surface area (Å²) in [6.07, 6.45) is 4.30. The molecule has 2 aliphatic rings. The Labute approximate surface area is 183 Å². The van der Waals surface area contributed by atoms with Crippen LogP contribution in [0, 0.1) is 0 Å². The van der Waals surface area contributed by atoms with E-state index in [1.54, 1.807) is 32.4 Å². The van der Waals surface area contributed by atoms with E-state index in [0.717, 1.165) is 23.3 Å². The fourth-order valence-electron chi connectivity index (χ4n) is 3.45. The Balaban J connectivity index is 1.43. The molecule has 2 aromatic rings. The van der Waals surface area contributed by atoms with Crippen LogP contribution in [-0.4, -0.2) is 57.5 Å². The second kappa shape index (κ2) is 8.27.